The van der Waals surface area contributed by atoms with E-state index in [1.807, 2.05) is 48.5 Å². The van der Waals surface area contributed by atoms with Crippen LogP contribution in [0.15, 0.2) is 0 Å². The molecule has 0 aliphatic rings. The summed E-state index contributed by atoms with van der Waals surface area (Å²) in [6.45, 7) is 10.3. The molecule has 0 N–H and O–H groups in total. The molecule has 3 nitrogen and oxygen atoms in total. The summed E-state index contributed by atoms with van der Waals surface area (Å²) in [6.07, 6.45) is 0.954. The highest BCUT2D eigenvalue weighted by Crippen LogP contribution is 2.64. The van der Waals surface area contributed by atoms with E-state index in [0.29, 0.717) is 0 Å². The van der Waals surface area contributed by atoms with Crippen molar-refractivity contribution in [2.24, 2.45) is 0 Å². The fourth-order valence-electron chi connectivity index (χ4n) is 0.945. The summed E-state index contributed by atoms with van der Waals surface area (Å²) in [5.41, 5.74) is -0.914. The first-order valence-corrected chi connectivity index (χ1v) is 8.77. The SMILES string of the molecule is CCCSP(=O)(OC(C)(C)C)OC(C)(C)C. The van der Waals surface area contributed by atoms with E-state index in [1.54, 1.807) is 0 Å². The van der Waals surface area contributed by atoms with E-state index in [2.05, 4.69) is 0 Å². The van der Waals surface area contributed by atoms with Gasteiger partial charge in [0.2, 0.25) is 0 Å². The molecule has 0 heterocycles. The third-order valence-corrected chi connectivity index (χ3v) is 5.62. The highest BCUT2D eigenvalue weighted by Gasteiger charge is 2.35. The Morgan fingerprint density at radius 3 is 1.62 bits per heavy atom. The largest absolute Gasteiger partial charge is 0.390 e. The van der Waals surface area contributed by atoms with Crippen LogP contribution in [-0.2, 0) is 13.6 Å². The van der Waals surface area contributed by atoms with Gasteiger partial charge >= 0.3 is 6.80 Å². The van der Waals surface area contributed by atoms with Crippen LogP contribution in [0, 0.1) is 0 Å². The average Bonchev–Trinajstić information content (AvgIpc) is 1.93. The smallest absolute Gasteiger partial charge is 0.295 e. The summed E-state index contributed by atoms with van der Waals surface area (Å²) in [6, 6.07) is 0. The lowest BCUT2D eigenvalue weighted by Gasteiger charge is -2.31. The first-order chi connectivity index (χ1) is 6.97. The van der Waals surface area contributed by atoms with E-state index in [0.717, 1.165) is 12.2 Å². The number of rotatable bonds is 5. The van der Waals surface area contributed by atoms with Crippen molar-refractivity contribution in [3.63, 3.8) is 0 Å². The maximum atomic E-state index is 12.5. The van der Waals surface area contributed by atoms with Gasteiger partial charge in [-0.1, -0.05) is 6.92 Å². The van der Waals surface area contributed by atoms with Gasteiger partial charge in [0.15, 0.2) is 0 Å². The summed E-state index contributed by atoms with van der Waals surface area (Å²) >= 11 is 1.29. The van der Waals surface area contributed by atoms with E-state index in [1.165, 1.54) is 11.4 Å². The molecule has 0 saturated carbocycles. The lowest BCUT2D eigenvalue weighted by molar-refractivity contribution is 0.0592. The molecule has 98 valence electrons. The van der Waals surface area contributed by atoms with Crippen LogP contribution in [0.4, 0.5) is 0 Å². The fraction of sp³-hybridized carbons (Fsp3) is 1.00. The Morgan fingerprint density at radius 2 is 1.38 bits per heavy atom. The highest BCUT2D eigenvalue weighted by molar-refractivity contribution is 8.55. The van der Waals surface area contributed by atoms with Gasteiger partial charge in [-0.2, -0.15) is 0 Å². The standard InChI is InChI=1S/C11H25O3PS/c1-8-9-16-15(12,13-10(2,3)4)14-11(5,6)7/h8-9H2,1-7H3. The van der Waals surface area contributed by atoms with E-state index >= 15 is 0 Å². The van der Waals surface area contributed by atoms with Crippen LogP contribution in [0.1, 0.15) is 54.9 Å². The van der Waals surface area contributed by atoms with Crippen LogP contribution in [0.25, 0.3) is 0 Å². The second kappa shape index (κ2) is 5.90. The molecule has 0 radical (unpaired) electrons. The molecule has 0 saturated heterocycles. The molecule has 0 unspecified atom stereocenters. The zero-order valence-electron chi connectivity index (χ0n) is 11.5. The minimum Gasteiger partial charge on any atom is -0.295 e. The van der Waals surface area contributed by atoms with Crippen LogP contribution in [-0.4, -0.2) is 17.0 Å². The van der Waals surface area contributed by atoms with Gasteiger partial charge in [0.05, 0.1) is 11.2 Å². The van der Waals surface area contributed by atoms with Crippen molar-refractivity contribution in [1.82, 2.24) is 0 Å². The molecule has 16 heavy (non-hydrogen) atoms. The van der Waals surface area contributed by atoms with E-state index < -0.39 is 18.0 Å². The van der Waals surface area contributed by atoms with Crippen molar-refractivity contribution in [2.75, 3.05) is 5.75 Å². The Labute approximate surface area is 104 Å². The number of hydrogen-bond donors (Lipinski definition) is 0. The van der Waals surface area contributed by atoms with Crippen LogP contribution in [0.2, 0.25) is 0 Å². The summed E-state index contributed by atoms with van der Waals surface area (Å²) < 4.78 is 23.7. The topological polar surface area (TPSA) is 35.5 Å². The molecule has 0 spiro atoms. The maximum Gasteiger partial charge on any atom is 0.390 e. The molecule has 0 aromatic rings. The average molecular weight is 268 g/mol. The summed E-state index contributed by atoms with van der Waals surface area (Å²) in [5, 5.41) is 0. The first-order valence-electron chi connectivity index (χ1n) is 5.63. The second-order valence-corrected chi connectivity index (χ2v) is 9.73. The van der Waals surface area contributed by atoms with Gasteiger partial charge in [0.1, 0.15) is 0 Å². The Bertz CT molecular complexity index is 233. The van der Waals surface area contributed by atoms with Crippen LogP contribution < -0.4 is 0 Å². The highest BCUT2D eigenvalue weighted by atomic mass is 32.7. The molecule has 0 aromatic carbocycles. The van der Waals surface area contributed by atoms with Gasteiger partial charge in [-0.05, 0) is 59.3 Å². The van der Waals surface area contributed by atoms with Crippen molar-refractivity contribution in [1.29, 1.82) is 0 Å². The van der Waals surface area contributed by atoms with Gasteiger partial charge in [-0.3, -0.25) is 9.05 Å². The summed E-state index contributed by atoms with van der Waals surface area (Å²) in [7, 11) is 0. The van der Waals surface area contributed by atoms with E-state index in [-0.39, 0.29) is 0 Å². The molecule has 0 aromatic heterocycles. The lowest BCUT2D eigenvalue weighted by Crippen LogP contribution is -2.22. The second-order valence-electron chi connectivity index (χ2n) is 5.69. The molecule has 0 rings (SSSR count). The van der Waals surface area contributed by atoms with Gasteiger partial charge < -0.3 is 0 Å². The molecule has 0 aliphatic heterocycles. The molecule has 0 atom stereocenters. The van der Waals surface area contributed by atoms with Crippen molar-refractivity contribution in [3.8, 4) is 0 Å². The van der Waals surface area contributed by atoms with Gasteiger partial charge in [-0.15, -0.1) is 0 Å². The lowest BCUT2D eigenvalue weighted by atomic mass is 10.2. The van der Waals surface area contributed by atoms with Crippen molar-refractivity contribution >= 4 is 18.2 Å². The van der Waals surface area contributed by atoms with Crippen molar-refractivity contribution in [2.45, 2.75) is 66.1 Å². The first kappa shape index (κ1) is 16.5. The summed E-state index contributed by atoms with van der Waals surface area (Å²) in [5.74, 6) is 0.781. The number of hydrogen-bond acceptors (Lipinski definition) is 4. The molecule has 5 heteroatoms. The van der Waals surface area contributed by atoms with Gasteiger partial charge in [0, 0.05) is 5.75 Å². The molecular formula is C11H25O3PS. The fourth-order valence-corrected chi connectivity index (χ4v) is 5.71. The molecule has 0 aliphatic carbocycles. The van der Waals surface area contributed by atoms with Crippen LogP contribution in [0.5, 0.6) is 0 Å². The monoisotopic (exact) mass is 268 g/mol. The van der Waals surface area contributed by atoms with E-state index in [4.69, 9.17) is 9.05 Å². The Kier molecular flexibility index (Phi) is 6.09. The minimum absolute atomic E-state index is 0.457. The third-order valence-electron chi connectivity index (χ3n) is 1.22. The minimum atomic E-state index is -3.06. The summed E-state index contributed by atoms with van der Waals surface area (Å²) in [4.78, 5) is 0. The van der Waals surface area contributed by atoms with Crippen molar-refractivity contribution in [3.05, 3.63) is 0 Å². The van der Waals surface area contributed by atoms with Gasteiger partial charge in [0.25, 0.3) is 0 Å². The molecule has 0 fully saturated rings. The predicted octanol–water partition coefficient (Wildman–Crippen LogP) is 4.87. The van der Waals surface area contributed by atoms with E-state index in [9.17, 15) is 4.57 Å². The predicted molar refractivity (Wildman–Crippen MR) is 72.0 cm³/mol. The zero-order valence-corrected chi connectivity index (χ0v) is 13.2. The Hall–Kier alpha value is 0.500. The van der Waals surface area contributed by atoms with Crippen LogP contribution in [0.3, 0.4) is 0 Å². The van der Waals surface area contributed by atoms with Gasteiger partial charge in [-0.25, -0.2) is 4.57 Å². The Morgan fingerprint density at radius 1 is 1.00 bits per heavy atom. The quantitative estimate of drug-likeness (QED) is 0.666. The zero-order chi connectivity index (χ0) is 13.0. The van der Waals surface area contributed by atoms with Crippen LogP contribution >= 0.6 is 18.2 Å². The molecule has 0 amide bonds. The molecular weight excluding hydrogens is 243 g/mol. The molecule has 0 bridgehead atoms. The third kappa shape index (κ3) is 8.63. The Balaban J connectivity index is 4.69. The van der Waals surface area contributed by atoms with Crippen molar-refractivity contribution < 1.29 is 13.6 Å². The normalized spacial score (nSPS) is 14.2. The maximum absolute atomic E-state index is 12.5.